The van der Waals surface area contributed by atoms with Crippen molar-refractivity contribution in [2.75, 3.05) is 18.9 Å². The van der Waals surface area contributed by atoms with Gasteiger partial charge in [-0.15, -0.1) is 0 Å². The predicted molar refractivity (Wildman–Crippen MR) is 140 cm³/mol. The Balaban J connectivity index is 1.34. The number of carbonyl (C=O) groups is 2. The van der Waals surface area contributed by atoms with Gasteiger partial charge in [0.1, 0.15) is 6.54 Å². The molecule has 0 saturated heterocycles. The molecule has 1 aliphatic rings. The van der Waals surface area contributed by atoms with Gasteiger partial charge in [-0.05, 0) is 72.1 Å². The molecule has 186 valence electrons. The summed E-state index contributed by atoms with van der Waals surface area (Å²) < 4.78 is 1.41. The SMILES string of the molecule is CN1CCc2ccc(NC(=O)c3cccc(CNC(=O)c4ccc(C[N+](N)=CNN)cc4)c3)cc2C1. The van der Waals surface area contributed by atoms with E-state index in [2.05, 4.69) is 40.1 Å². The van der Waals surface area contributed by atoms with Gasteiger partial charge < -0.3 is 15.5 Å². The number of hydrogen-bond acceptors (Lipinski definition) is 5. The molecule has 0 unspecified atom stereocenters. The Morgan fingerprint density at radius 1 is 0.972 bits per heavy atom. The molecule has 0 aromatic heterocycles. The van der Waals surface area contributed by atoms with Crippen LogP contribution >= 0.6 is 0 Å². The lowest BCUT2D eigenvalue weighted by Gasteiger charge is -2.25. The molecular formula is C27H32N7O2+. The van der Waals surface area contributed by atoms with E-state index in [0.717, 1.165) is 36.3 Å². The first-order valence-corrected chi connectivity index (χ1v) is 11.8. The third kappa shape index (κ3) is 6.47. The van der Waals surface area contributed by atoms with Crippen molar-refractivity contribution in [3.63, 3.8) is 0 Å². The molecule has 0 saturated carbocycles. The van der Waals surface area contributed by atoms with E-state index in [-0.39, 0.29) is 11.8 Å². The largest absolute Gasteiger partial charge is 0.348 e. The highest BCUT2D eigenvalue weighted by molar-refractivity contribution is 6.04. The number of hydrazone groups is 1. The number of nitrogens with two attached hydrogens (primary N) is 2. The van der Waals surface area contributed by atoms with E-state index in [1.165, 1.54) is 22.1 Å². The number of hydrazine groups is 2. The Kier molecular flexibility index (Phi) is 7.94. The predicted octanol–water partition coefficient (Wildman–Crippen LogP) is 1.73. The van der Waals surface area contributed by atoms with Gasteiger partial charge in [0.2, 0.25) is 0 Å². The summed E-state index contributed by atoms with van der Waals surface area (Å²) in [6.07, 6.45) is 2.47. The van der Waals surface area contributed by atoms with Crippen molar-refractivity contribution in [3.05, 3.63) is 100 Å². The van der Waals surface area contributed by atoms with Gasteiger partial charge in [-0.3, -0.25) is 15.4 Å². The summed E-state index contributed by atoms with van der Waals surface area (Å²) in [5, 5.41) is 5.90. The Hall–Kier alpha value is -4.21. The molecule has 0 radical (unpaired) electrons. The topological polar surface area (TPSA) is 129 Å². The van der Waals surface area contributed by atoms with Crippen LogP contribution in [0.1, 0.15) is 43.0 Å². The molecule has 0 spiro atoms. The van der Waals surface area contributed by atoms with Crippen LogP contribution in [0.15, 0.2) is 66.7 Å². The van der Waals surface area contributed by atoms with Crippen LogP contribution in [0, 0.1) is 0 Å². The molecule has 4 rings (SSSR count). The summed E-state index contributed by atoms with van der Waals surface area (Å²) in [6.45, 7) is 2.68. The van der Waals surface area contributed by atoms with Gasteiger partial charge in [-0.1, -0.05) is 30.3 Å². The molecule has 0 atom stereocenters. The van der Waals surface area contributed by atoms with Crippen molar-refractivity contribution in [3.8, 4) is 0 Å². The zero-order valence-electron chi connectivity index (χ0n) is 20.3. The maximum atomic E-state index is 12.9. The van der Waals surface area contributed by atoms with E-state index in [1.807, 2.05) is 30.3 Å². The van der Waals surface area contributed by atoms with Gasteiger partial charge in [-0.25, -0.2) is 5.43 Å². The van der Waals surface area contributed by atoms with Crippen LogP contribution in [0.4, 0.5) is 5.69 Å². The van der Waals surface area contributed by atoms with E-state index in [0.29, 0.717) is 24.2 Å². The lowest BCUT2D eigenvalue weighted by molar-refractivity contribution is -0.553. The van der Waals surface area contributed by atoms with Crippen LogP contribution in [0.2, 0.25) is 0 Å². The normalized spacial score (nSPS) is 13.6. The van der Waals surface area contributed by atoms with Crippen molar-refractivity contribution in [2.24, 2.45) is 11.7 Å². The van der Waals surface area contributed by atoms with Crippen LogP contribution in [0.3, 0.4) is 0 Å². The van der Waals surface area contributed by atoms with Gasteiger partial charge in [0.05, 0.1) is 0 Å². The third-order valence-corrected chi connectivity index (χ3v) is 6.13. The molecule has 0 fully saturated rings. The number of nitrogens with zero attached hydrogens (tertiary/aromatic N) is 2. The molecule has 1 heterocycles. The maximum Gasteiger partial charge on any atom is 0.273 e. The fourth-order valence-corrected chi connectivity index (χ4v) is 4.20. The molecule has 36 heavy (non-hydrogen) atoms. The first-order valence-electron chi connectivity index (χ1n) is 11.8. The first kappa shape index (κ1) is 24.9. The maximum absolute atomic E-state index is 12.9. The van der Waals surface area contributed by atoms with Gasteiger partial charge in [0, 0.05) is 36.4 Å². The summed E-state index contributed by atoms with van der Waals surface area (Å²) in [4.78, 5) is 27.7. The minimum absolute atomic E-state index is 0.182. The number of hydrogen-bond donors (Lipinski definition) is 5. The van der Waals surface area contributed by atoms with Crippen LogP contribution < -0.4 is 27.7 Å². The highest BCUT2D eigenvalue weighted by Crippen LogP contribution is 2.22. The van der Waals surface area contributed by atoms with Crippen molar-refractivity contribution < 1.29 is 14.3 Å². The molecule has 2 amide bonds. The second-order valence-corrected chi connectivity index (χ2v) is 8.97. The molecule has 1 aliphatic heterocycles. The van der Waals surface area contributed by atoms with Gasteiger partial charge >= 0.3 is 0 Å². The van der Waals surface area contributed by atoms with Gasteiger partial charge in [-0.2, -0.15) is 10.5 Å². The third-order valence-electron chi connectivity index (χ3n) is 6.13. The van der Waals surface area contributed by atoms with Gasteiger partial charge in [0.25, 0.3) is 18.2 Å². The zero-order chi connectivity index (χ0) is 25.5. The number of fused-ring (bicyclic) bond motifs is 1. The highest BCUT2D eigenvalue weighted by atomic mass is 16.2. The second kappa shape index (κ2) is 11.5. The number of rotatable bonds is 8. The smallest absolute Gasteiger partial charge is 0.273 e. The van der Waals surface area contributed by atoms with Crippen LogP contribution in [-0.4, -0.2) is 41.3 Å². The zero-order valence-corrected chi connectivity index (χ0v) is 20.3. The minimum atomic E-state index is -0.199. The number of carbonyl (C=O) groups excluding carboxylic acids is 2. The molecular weight excluding hydrogens is 454 g/mol. The summed E-state index contributed by atoms with van der Waals surface area (Å²) in [7, 11) is 2.10. The lowest BCUT2D eigenvalue weighted by Crippen LogP contribution is -2.31. The van der Waals surface area contributed by atoms with E-state index >= 15 is 0 Å². The average Bonchev–Trinajstić information content (AvgIpc) is 2.87. The summed E-state index contributed by atoms with van der Waals surface area (Å²) >= 11 is 0. The Morgan fingerprint density at radius 3 is 2.56 bits per heavy atom. The molecule has 7 N–H and O–H groups in total. The van der Waals surface area contributed by atoms with Crippen LogP contribution in [0.5, 0.6) is 0 Å². The number of amides is 2. The Labute approximate surface area is 210 Å². The fraction of sp³-hybridized carbons (Fsp3) is 0.222. The monoisotopic (exact) mass is 486 g/mol. The summed E-state index contributed by atoms with van der Waals surface area (Å²) in [5.74, 6) is 10.6. The lowest BCUT2D eigenvalue weighted by atomic mass is 9.99. The number of anilines is 1. The first-order chi connectivity index (χ1) is 17.4. The fourth-order valence-electron chi connectivity index (χ4n) is 4.20. The van der Waals surface area contributed by atoms with E-state index < -0.39 is 0 Å². The average molecular weight is 487 g/mol. The molecule has 0 bridgehead atoms. The van der Waals surface area contributed by atoms with Crippen molar-refractivity contribution in [1.82, 2.24) is 15.6 Å². The van der Waals surface area contributed by atoms with E-state index in [9.17, 15) is 9.59 Å². The molecule has 9 heteroatoms. The van der Waals surface area contributed by atoms with Gasteiger partial charge in [0.15, 0.2) is 0 Å². The minimum Gasteiger partial charge on any atom is -0.348 e. The quantitative estimate of drug-likeness (QED) is 0.108. The summed E-state index contributed by atoms with van der Waals surface area (Å²) in [6, 6.07) is 20.5. The van der Waals surface area contributed by atoms with E-state index in [4.69, 9.17) is 11.7 Å². The Bertz CT molecular complexity index is 1270. The molecule has 3 aromatic carbocycles. The molecule has 3 aromatic rings. The second-order valence-electron chi connectivity index (χ2n) is 8.97. The standard InChI is InChI=1S/C27H31N7O2/c1-33-12-11-21-9-10-25(14-24(21)17-33)32-27(36)23-4-2-3-20(13-23)15-30-26(35)22-7-5-19(6-8-22)16-34(29)18-31-28/h2-10,13-14,18H,11-12,15-17,28-29H2,1H3,(H2,30,32,35,36)/p+1. The van der Waals surface area contributed by atoms with E-state index in [1.54, 1.807) is 24.3 Å². The van der Waals surface area contributed by atoms with Crippen molar-refractivity contribution in [1.29, 1.82) is 0 Å². The van der Waals surface area contributed by atoms with Crippen LogP contribution in [-0.2, 0) is 26.1 Å². The molecule has 9 nitrogen and oxygen atoms in total. The molecule has 0 aliphatic carbocycles. The Morgan fingerprint density at radius 2 is 1.78 bits per heavy atom. The van der Waals surface area contributed by atoms with Crippen molar-refractivity contribution >= 4 is 23.8 Å². The number of likely N-dealkylation sites (N-methyl/N-ethyl adjacent to an activating group) is 1. The summed E-state index contributed by atoms with van der Waals surface area (Å²) in [5.41, 5.74) is 8.58. The van der Waals surface area contributed by atoms with Crippen molar-refractivity contribution in [2.45, 2.75) is 26.1 Å². The van der Waals surface area contributed by atoms with Crippen LogP contribution in [0.25, 0.3) is 0 Å². The number of benzene rings is 3. The highest BCUT2D eigenvalue weighted by Gasteiger charge is 2.15. The number of nitrogens with one attached hydrogen (secondary N) is 3.